The molecule has 1 heterocycles. The summed E-state index contributed by atoms with van der Waals surface area (Å²) in [6, 6.07) is 0. The molecule has 33 heavy (non-hydrogen) atoms. The van der Waals surface area contributed by atoms with E-state index >= 15 is 0 Å². The lowest BCUT2D eigenvalue weighted by atomic mass is 9.94. The first-order chi connectivity index (χ1) is 16.0. The number of unbranched alkanes of at least 4 members (excludes halogenated alkanes) is 3. The van der Waals surface area contributed by atoms with Crippen LogP contribution in [0.15, 0.2) is 0 Å². The first-order valence-corrected chi connectivity index (χ1v) is 17.4. The molecule has 0 amide bonds. The van der Waals surface area contributed by atoms with E-state index in [2.05, 4.69) is 41.5 Å². The van der Waals surface area contributed by atoms with Crippen LogP contribution >= 0.6 is 27.6 Å². The Balaban J connectivity index is 3.07. The molecule has 196 valence electrons. The summed E-state index contributed by atoms with van der Waals surface area (Å²) < 4.78 is 25.1. The third kappa shape index (κ3) is 12.5. The van der Waals surface area contributed by atoms with Crippen LogP contribution in [0.1, 0.15) is 138 Å². The predicted molar refractivity (Wildman–Crippen MR) is 150 cm³/mol. The van der Waals surface area contributed by atoms with Crippen LogP contribution in [0.5, 0.6) is 0 Å². The minimum Gasteiger partial charge on any atom is -0.345 e. The number of rotatable bonds is 20. The molecule has 7 atom stereocenters. The van der Waals surface area contributed by atoms with Gasteiger partial charge in [0.25, 0.3) is 0 Å². The average Bonchev–Trinajstić information content (AvgIpc) is 2.82. The highest BCUT2D eigenvalue weighted by molar-refractivity contribution is 8.48. The zero-order chi connectivity index (χ0) is 24.5. The van der Waals surface area contributed by atoms with Gasteiger partial charge in [0.1, 0.15) is 4.67 Å². The molecule has 6 heteroatoms. The largest absolute Gasteiger partial charge is 0.345 e. The maximum Gasteiger partial charge on any atom is 0.230 e. The predicted octanol–water partition coefficient (Wildman–Crippen LogP) is 10.8. The monoisotopic (exact) mass is 520 g/mol. The van der Waals surface area contributed by atoms with Crippen LogP contribution in [0.2, 0.25) is 0 Å². The van der Waals surface area contributed by atoms with E-state index in [1.807, 2.05) is 0 Å². The lowest BCUT2D eigenvalue weighted by Crippen LogP contribution is -2.42. The van der Waals surface area contributed by atoms with E-state index < -0.39 is 0 Å². The van der Waals surface area contributed by atoms with Crippen molar-refractivity contribution in [1.82, 2.24) is 0 Å². The van der Waals surface area contributed by atoms with Crippen molar-refractivity contribution in [2.45, 2.75) is 155 Å². The first kappa shape index (κ1) is 31.8. The minimum atomic E-state index is -0.350. The van der Waals surface area contributed by atoms with Gasteiger partial charge >= 0.3 is 0 Å². The van der Waals surface area contributed by atoms with Gasteiger partial charge in [-0.3, -0.25) is 4.57 Å². The molecule has 7 unspecified atom stereocenters. The molecule has 1 fully saturated rings. The van der Waals surface area contributed by atoms with Crippen molar-refractivity contribution in [3.8, 4) is 0 Å². The Hall–Kier alpha value is 0.800. The van der Waals surface area contributed by atoms with Crippen LogP contribution in [0.3, 0.4) is 0 Å². The molecule has 0 aromatic carbocycles. The number of ether oxygens (including phenoxy) is 2. The molecule has 0 aromatic rings. The van der Waals surface area contributed by atoms with Crippen LogP contribution in [-0.2, 0) is 14.0 Å². The molecule has 1 rings (SSSR count). The van der Waals surface area contributed by atoms with Gasteiger partial charge in [-0.1, -0.05) is 119 Å². The molecular weight excluding hydrogens is 466 g/mol. The van der Waals surface area contributed by atoms with E-state index in [1.165, 1.54) is 88.4 Å². The summed E-state index contributed by atoms with van der Waals surface area (Å²) in [6.07, 6.45) is 17.9. The van der Waals surface area contributed by atoms with E-state index in [0.717, 1.165) is 25.2 Å². The van der Waals surface area contributed by atoms with Crippen molar-refractivity contribution < 1.29 is 14.0 Å². The van der Waals surface area contributed by atoms with Crippen LogP contribution in [0, 0.1) is 17.8 Å². The summed E-state index contributed by atoms with van der Waals surface area (Å²) in [5.74, 6) is 2.24. The third-order valence-electron chi connectivity index (χ3n) is 7.46. The molecule has 0 aliphatic carbocycles. The second-order valence-corrected chi connectivity index (χ2v) is 14.2. The maximum absolute atomic E-state index is 12.0. The van der Waals surface area contributed by atoms with Crippen molar-refractivity contribution in [2.24, 2.45) is 17.8 Å². The van der Waals surface area contributed by atoms with Crippen molar-refractivity contribution in [3.05, 3.63) is 0 Å². The van der Waals surface area contributed by atoms with Gasteiger partial charge in [-0.25, -0.2) is 0 Å². The van der Waals surface area contributed by atoms with Crippen LogP contribution < -0.4 is 0 Å². The van der Waals surface area contributed by atoms with Crippen molar-refractivity contribution in [2.75, 3.05) is 0 Å². The van der Waals surface area contributed by atoms with Crippen molar-refractivity contribution >= 4 is 27.6 Å². The van der Waals surface area contributed by atoms with E-state index in [0.29, 0.717) is 20.4 Å². The summed E-state index contributed by atoms with van der Waals surface area (Å²) in [6.45, 7) is 13.8. The highest BCUT2D eigenvalue weighted by Crippen LogP contribution is 2.59. The Bertz CT molecular complexity index is 468. The van der Waals surface area contributed by atoms with Gasteiger partial charge in [-0.2, -0.15) is 0 Å². The normalized spacial score (nSPS) is 27.1. The Morgan fingerprint density at radius 1 is 0.818 bits per heavy atom. The van der Waals surface area contributed by atoms with Gasteiger partial charge in [-0.15, -0.1) is 0 Å². The third-order valence-corrected chi connectivity index (χ3v) is 11.8. The molecule has 1 saturated heterocycles. The average molecular weight is 521 g/mol. The molecule has 1 aliphatic heterocycles. The highest BCUT2D eigenvalue weighted by atomic mass is 32.7. The second-order valence-electron chi connectivity index (χ2n) is 10.2. The van der Waals surface area contributed by atoms with Gasteiger partial charge in [0.2, 0.25) is 7.66 Å². The van der Waals surface area contributed by atoms with Gasteiger partial charge in [-0.05, 0) is 50.6 Å². The van der Waals surface area contributed by atoms with Gasteiger partial charge in [0, 0.05) is 6.42 Å². The van der Waals surface area contributed by atoms with Crippen LogP contribution in [0.25, 0.3) is 0 Å². The number of hydrogen-bond donors (Lipinski definition) is 0. The highest BCUT2D eigenvalue weighted by Gasteiger charge is 2.45. The molecule has 0 radical (unpaired) electrons. The summed E-state index contributed by atoms with van der Waals surface area (Å²) >= 11 is 1.52. The molecule has 1 aliphatic rings. The lowest BCUT2D eigenvalue weighted by molar-refractivity contribution is -0.199. The Labute approximate surface area is 213 Å². The smallest absolute Gasteiger partial charge is 0.230 e. The van der Waals surface area contributed by atoms with E-state index in [4.69, 9.17) is 9.47 Å². The van der Waals surface area contributed by atoms with Crippen LogP contribution in [-0.4, -0.2) is 16.8 Å². The van der Waals surface area contributed by atoms with Gasteiger partial charge in [0.05, 0.1) is 5.85 Å². The Morgan fingerprint density at radius 2 is 1.33 bits per heavy atom. The fraction of sp³-hybridized carbons (Fsp3) is 1.00. The van der Waals surface area contributed by atoms with Gasteiger partial charge in [0.15, 0.2) is 6.29 Å². The minimum absolute atomic E-state index is 0.143. The van der Waals surface area contributed by atoms with E-state index in [-0.39, 0.29) is 24.5 Å². The van der Waals surface area contributed by atoms with E-state index in [1.54, 1.807) is 0 Å². The standard InChI is InChI=1S/C27H54O3P2S/c1-7-13-16-22(10-4)19-25-29-26(20-23(11-5)17-14-8-2)31-27(30-25,33-32-28)21-24(12-6)18-15-9-3/h22-26,31H,7-21H2,1-6H3. The summed E-state index contributed by atoms with van der Waals surface area (Å²) in [5, 5.41) is 0. The second kappa shape index (κ2) is 19.0. The molecule has 0 N–H and O–H groups in total. The van der Waals surface area contributed by atoms with Gasteiger partial charge < -0.3 is 9.47 Å². The SMILES string of the molecule is CCCCC(CC)CC1OC(CC(CC)CCCC)PC(CC(CC)CCCC)(SP=O)O1. The summed E-state index contributed by atoms with van der Waals surface area (Å²) in [4.78, 5) is 0. The fourth-order valence-electron chi connectivity index (χ4n) is 5.07. The first-order valence-electron chi connectivity index (χ1n) is 14.1. The van der Waals surface area contributed by atoms with E-state index in [9.17, 15) is 4.57 Å². The molecule has 3 nitrogen and oxygen atoms in total. The summed E-state index contributed by atoms with van der Waals surface area (Å²) in [7, 11) is 0.702. The fourth-order valence-corrected chi connectivity index (χ4v) is 9.55. The molecule has 0 bridgehead atoms. The maximum atomic E-state index is 12.0. The molecule has 0 aromatic heterocycles. The zero-order valence-electron chi connectivity index (χ0n) is 22.6. The van der Waals surface area contributed by atoms with Crippen molar-refractivity contribution in [3.63, 3.8) is 0 Å². The van der Waals surface area contributed by atoms with Crippen molar-refractivity contribution in [1.29, 1.82) is 0 Å². The molecule has 0 saturated carbocycles. The quantitative estimate of drug-likeness (QED) is 0.150. The Morgan fingerprint density at radius 3 is 1.82 bits per heavy atom. The molecular formula is C27H54O3P2S. The zero-order valence-corrected chi connectivity index (χ0v) is 25.3. The lowest BCUT2D eigenvalue weighted by Gasteiger charge is -2.45. The number of hydrogen-bond acceptors (Lipinski definition) is 4. The topological polar surface area (TPSA) is 35.5 Å². The van der Waals surface area contributed by atoms with Crippen LogP contribution in [0.4, 0.5) is 0 Å². The molecule has 0 spiro atoms. The Kier molecular flexibility index (Phi) is 18.3. The summed E-state index contributed by atoms with van der Waals surface area (Å²) in [5.41, 5.74) is 0.